The van der Waals surface area contributed by atoms with Crippen molar-refractivity contribution in [3.8, 4) is 6.07 Å². The number of amides is 1. The molecule has 1 fully saturated rings. The predicted molar refractivity (Wildman–Crippen MR) is 182 cm³/mol. The van der Waals surface area contributed by atoms with Gasteiger partial charge in [-0.2, -0.15) is 18.4 Å². The lowest BCUT2D eigenvalue weighted by molar-refractivity contribution is -0.126. The number of hydrogen-bond donors (Lipinski definition) is 2. The highest BCUT2D eigenvalue weighted by Gasteiger charge is 2.29. The Morgan fingerprint density at radius 3 is 2.65 bits per heavy atom. The van der Waals surface area contributed by atoms with Gasteiger partial charge in [-0.25, -0.2) is 15.0 Å². The first-order valence-electron chi connectivity index (χ1n) is 15.8. The van der Waals surface area contributed by atoms with Crippen molar-refractivity contribution in [1.29, 1.82) is 5.26 Å². The standard InChI is InChI=1S/C35H35F3N8OS/c1-3-4-32(47)44-31-8-5-23(19-40-31)9-14-46-26(18-39)15-28-22(2)24(6-7-30(28)46)20-45-12-10-25(11-13-45)43-33-29-16-27(17-35(36,37)38)48-34(29)42-21-41-33/h3-8,15-16,19,21,25H,9-14,17,20H2,1-2H3,(H,40,44,47)(H,41,42,43)/b4-3+. The van der Waals surface area contributed by atoms with Gasteiger partial charge in [0.1, 0.15) is 34.6 Å². The highest BCUT2D eigenvalue weighted by atomic mass is 32.1. The van der Waals surface area contributed by atoms with Gasteiger partial charge in [0.2, 0.25) is 5.91 Å². The SMILES string of the molecule is C/C=C/C(=O)Nc1ccc(CCn2c(C#N)cc3c(C)c(CN4CCC(Nc5ncnc6sc(CC(F)(F)F)cc56)CC4)ccc32)cn1. The normalized spacial score (nSPS) is 14.6. The Morgan fingerprint density at radius 2 is 1.94 bits per heavy atom. The van der Waals surface area contributed by atoms with E-state index >= 15 is 0 Å². The van der Waals surface area contributed by atoms with Crippen LogP contribution in [0.25, 0.3) is 21.1 Å². The van der Waals surface area contributed by atoms with Gasteiger partial charge in [-0.15, -0.1) is 11.3 Å². The number of nitrogens with zero attached hydrogens (tertiary/aromatic N) is 6. The average Bonchev–Trinajstić information content (AvgIpc) is 3.63. The van der Waals surface area contributed by atoms with Crippen molar-refractivity contribution in [3.63, 3.8) is 0 Å². The minimum atomic E-state index is -4.26. The number of allylic oxidation sites excluding steroid dienone is 1. The van der Waals surface area contributed by atoms with Crippen molar-refractivity contribution in [2.75, 3.05) is 23.7 Å². The summed E-state index contributed by atoms with van der Waals surface area (Å²) in [5, 5.41) is 17.8. The third kappa shape index (κ3) is 7.67. The molecule has 0 unspecified atom stereocenters. The summed E-state index contributed by atoms with van der Waals surface area (Å²) in [5.74, 6) is 0.849. The number of likely N-dealkylation sites (tertiary alicyclic amines) is 1. The molecule has 1 saturated heterocycles. The zero-order valence-electron chi connectivity index (χ0n) is 26.6. The van der Waals surface area contributed by atoms with Crippen molar-refractivity contribution in [2.24, 2.45) is 0 Å². The van der Waals surface area contributed by atoms with Crippen molar-refractivity contribution in [1.82, 2.24) is 24.4 Å². The van der Waals surface area contributed by atoms with Gasteiger partial charge in [-0.05, 0) is 80.1 Å². The van der Waals surface area contributed by atoms with E-state index in [0.29, 0.717) is 40.5 Å². The smallest absolute Gasteiger partial charge is 0.367 e. The number of anilines is 2. The Hall–Kier alpha value is -4.80. The Balaban J connectivity index is 1.07. The van der Waals surface area contributed by atoms with E-state index in [4.69, 9.17) is 0 Å². The lowest BCUT2D eigenvalue weighted by atomic mass is 10.0. The predicted octanol–water partition coefficient (Wildman–Crippen LogP) is 7.16. The summed E-state index contributed by atoms with van der Waals surface area (Å²) < 4.78 is 40.9. The fourth-order valence-corrected chi connectivity index (χ4v) is 7.23. The monoisotopic (exact) mass is 672 g/mol. The maximum Gasteiger partial charge on any atom is 0.393 e. The Bertz CT molecular complexity index is 2000. The molecule has 48 heavy (non-hydrogen) atoms. The van der Waals surface area contributed by atoms with Gasteiger partial charge < -0.3 is 15.2 Å². The van der Waals surface area contributed by atoms with Crippen LogP contribution in [0.2, 0.25) is 0 Å². The molecule has 1 aromatic carbocycles. The van der Waals surface area contributed by atoms with E-state index in [1.54, 1.807) is 31.3 Å². The van der Waals surface area contributed by atoms with Crippen LogP contribution in [0.3, 0.4) is 0 Å². The van der Waals surface area contributed by atoms with Crippen LogP contribution in [0.5, 0.6) is 0 Å². The molecule has 0 atom stereocenters. The van der Waals surface area contributed by atoms with Crippen LogP contribution < -0.4 is 10.6 Å². The quantitative estimate of drug-likeness (QED) is 0.152. The summed E-state index contributed by atoms with van der Waals surface area (Å²) >= 11 is 1.06. The molecule has 248 valence electrons. The van der Waals surface area contributed by atoms with Crippen LogP contribution in [0.15, 0.2) is 61.1 Å². The Kier molecular flexibility index (Phi) is 9.75. The second-order valence-electron chi connectivity index (χ2n) is 12.0. The number of benzene rings is 1. The van der Waals surface area contributed by atoms with E-state index in [1.807, 2.05) is 12.1 Å². The lowest BCUT2D eigenvalue weighted by Crippen LogP contribution is -2.39. The van der Waals surface area contributed by atoms with E-state index in [9.17, 15) is 23.2 Å². The van der Waals surface area contributed by atoms with Gasteiger partial charge in [0.15, 0.2) is 0 Å². The highest BCUT2D eigenvalue weighted by Crippen LogP contribution is 2.33. The zero-order valence-corrected chi connectivity index (χ0v) is 27.5. The molecule has 5 heterocycles. The highest BCUT2D eigenvalue weighted by molar-refractivity contribution is 7.18. The van der Waals surface area contributed by atoms with Gasteiger partial charge in [0.25, 0.3) is 0 Å². The zero-order chi connectivity index (χ0) is 33.8. The number of alkyl halides is 3. The number of carbonyl (C=O) groups excluding carboxylic acids is 1. The minimum absolute atomic E-state index is 0.157. The van der Waals surface area contributed by atoms with E-state index in [0.717, 1.165) is 65.8 Å². The molecule has 0 bridgehead atoms. The molecule has 9 nitrogen and oxygen atoms in total. The maximum absolute atomic E-state index is 12.9. The molecule has 5 aromatic rings. The molecule has 4 aromatic heterocycles. The summed E-state index contributed by atoms with van der Waals surface area (Å²) in [7, 11) is 0. The fraction of sp³-hybridized carbons (Fsp3) is 0.343. The molecule has 0 radical (unpaired) electrons. The van der Waals surface area contributed by atoms with Gasteiger partial charge >= 0.3 is 6.18 Å². The average molecular weight is 673 g/mol. The third-order valence-corrected chi connectivity index (χ3v) is 9.72. The molecule has 1 aliphatic rings. The summed E-state index contributed by atoms with van der Waals surface area (Å²) in [4.78, 5) is 27.9. The van der Waals surface area contributed by atoms with Crippen LogP contribution in [-0.4, -0.2) is 55.6 Å². The third-order valence-electron chi connectivity index (χ3n) is 8.68. The lowest BCUT2D eigenvalue weighted by Gasteiger charge is -2.33. The number of nitrogens with one attached hydrogen (secondary N) is 2. The van der Waals surface area contributed by atoms with Crippen LogP contribution in [0, 0.1) is 18.3 Å². The number of carbonyl (C=O) groups is 1. The number of piperidine rings is 1. The summed E-state index contributed by atoms with van der Waals surface area (Å²) in [5.41, 5.74) is 4.99. The first-order chi connectivity index (χ1) is 23.1. The molecule has 0 spiro atoms. The second kappa shape index (κ2) is 14.1. The van der Waals surface area contributed by atoms with E-state index < -0.39 is 12.6 Å². The van der Waals surface area contributed by atoms with Crippen LogP contribution >= 0.6 is 11.3 Å². The summed E-state index contributed by atoms with van der Waals surface area (Å²) in [6.07, 6.45) is 3.46. The van der Waals surface area contributed by atoms with Crippen molar-refractivity contribution >= 4 is 50.0 Å². The molecule has 13 heteroatoms. The first kappa shape index (κ1) is 33.1. The summed E-state index contributed by atoms with van der Waals surface area (Å²) in [6.45, 7) is 7.01. The molecule has 2 N–H and O–H groups in total. The van der Waals surface area contributed by atoms with Gasteiger partial charge in [0.05, 0.1) is 11.8 Å². The number of nitriles is 1. The van der Waals surface area contributed by atoms with E-state index in [-0.39, 0.29) is 16.8 Å². The van der Waals surface area contributed by atoms with Crippen LogP contribution in [0.4, 0.5) is 24.8 Å². The molecule has 6 rings (SSSR count). The molecule has 0 aliphatic carbocycles. The molecule has 1 amide bonds. The van der Waals surface area contributed by atoms with E-state index in [2.05, 4.69) is 60.2 Å². The van der Waals surface area contributed by atoms with Crippen LogP contribution in [-0.2, 0) is 30.7 Å². The summed E-state index contributed by atoms with van der Waals surface area (Å²) in [6, 6.07) is 14.0. The molecule has 0 saturated carbocycles. The maximum atomic E-state index is 12.9. The largest absolute Gasteiger partial charge is 0.393 e. The van der Waals surface area contributed by atoms with E-state index in [1.165, 1.54) is 18.0 Å². The minimum Gasteiger partial charge on any atom is -0.367 e. The number of hydrogen-bond acceptors (Lipinski definition) is 8. The number of aryl methyl sites for hydroxylation is 3. The fourth-order valence-electron chi connectivity index (χ4n) is 6.21. The van der Waals surface area contributed by atoms with Crippen LogP contribution in [0.1, 0.15) is 47.0 Å². The second-order valence-corrected chi connectivity index (χ2v) is 13.1. The van der Waals surface area contributed by atoms with Crippen molar-refractivity contribution < 1.29 is 18.0 Å². The van der Waals surface area contributed by atoms with Crippen molar-refractivity contribution in [3.05, 3.63) is 88.3 Å². The van der Waals surface area contributed by atoms with Gasteiger partial charge in [-0.1, -0.05) is 18.2 Å². The van der Waals surface area contributed by atoms with Gasteiger partial charge in [-0.3, -0.25) is 9.69 Å². The molecular weight excluding hydrogens is 638 g/mol. The number of rotatable bonds is 10. The van der Waals surface area contributed by atoms with Gasteiger partial charge in [0, 0.05) is 54.2 Å². The number of thiophene rings is 1. The molecule has 1 aliphatic heterocycles. The number of halogens is 3. The number of fused-ring (bicyclic) bond motifs is 2. The Morgan fingerprint density at radius 1 is 1.12 bits per heavy atom. The first-order valence-corrected chi connectivity index (χ1v) is 16.6. The number of aromatic nitrogens is 4. The topological polar surface area (TPSA) is 112 Å². The Labute approximate surface area is 280 Å². The van der Waals surface area contributed by atoms with Crippen molar-refractivity contribution in [2.45, 2.75) is 64.8 Å². The number of pyridine rings is 1. The molecular formula is C35H35F3N8OS.